The van der Waals surface area contributed by atoms with Crippen molar-refractivity contribution in [2.45, 2.75) is 6.17 Å². The summed E-state index contributed by atoms with van der Waals surface area (Å²) in [5, 5.41) is 8.16. The SMILES string of the molecule is c1ccc(C2=NC(c3cccc4c3c3ccccc3n4-c3cccc4c3oc3c(-c5ccc(-c6ccccc6)cc5)cccc34)NC(c3ccccc3)=N2)cc1. The molecular formula is C51H34N4O. The average Bonchev–Trinajstić information content (AvgIpc) is 3.84. The second-order valence-electron chi connectivity index (χ2n) is 14.2. The number of nitrogens with one attached hydrogen (secondary N) is 1. The minimum Gasteiger partial charge on any atom is -0.453 e. The lowest BCUT2D eigenvalue weighted by Crippen LogP contribution is -2.33. The van der Waals surface area contributed by atoms with Crippen LogP contribution in [0, 0.1) is 0 Å². The lowest BCUT2D eigenvalue weighted by atomic mass is 9.99. The number of aromatic nitrogens is 1. The number of rotatable bonds is 6. The third-order valence-electron chi connectivity index (χ3n) is 10.9. The normalized spacial score (nSPS) is 14.2. The maximum atomic E-state index is 7.01. The fourth-order valence-electron chi connectivity index (χ4n) is 8.28. The molecule has 3 heterocycles. The minimum atomic E-state index is -0.376. The molecule has 5 heteroatoms. The molecule has 8 aromatic carbocycles. The molecule has 0 saturated heterocycles. The predicted molar refractivity (Wildman–Crippen MR) is 231 cm³/mol. The van der Waals surface area contributed by atoms with E-state index < -0.39 is 0 Å². The highest BCUT2D eigenvalue weighted by molar-refractivity contribution is 6.16. The summed E-state index contributed by atoms with van der Waals surface area (Å²) in [5.74, 6) is 1.49. The van der Waals surface area contributed by atoms with Crippen LogP contribution in [-0.4, -0.2) is 16.2 Å². The van der Waals surface area contributed by atoms with Gasteiger partial charge in [0.05, 0.1) is 16.7 Å². The maximum Gasteiger partial charge on any atom is 0.159 e. The van der Waals surface area contributed by atoms with Crippen LogP contribution in [0.15, 0.2) is 209 Å². The number of para-hydroxylation sites is 3. The van der Waals surface area contributed by atoms with E-state index in [0.717, 1.165) is 83.1 Å². The first-order chi connectivity index (χ1) is 27.8. The van der Waals surface area contributed by atoms with Gasteiger partial charge in [0.15, 0.2) is 11.4 Å². The van der Waals surface area contributed by atoms with Gasteiger partial charge in [0.25, 0.3) is 0 Å². The van der Waals surface area contributed by atoms with E-state index in [-0.39, 0.29) is 6.17 Å². The Bertz CT molecular complexity index is 3140. The fraction of sp³-hybridized carbons (Fsp3) is 0.0196. The Kier molecular flexibility index (Phi) is 7.49. The maximum absolute atomic E-state index is 7.01. The van der Waals surface area contributed by atoms with Crippen LogP contribution in [-0.2, 0) is 0 Å². The molecule has 56 heavy (non-hydrogen) atoms. The van der Waals surface area contributed by atoms with Gasteiger partial charge < -0.3 is 14.3 Å². The Balaban J connectivity index is 1.08. The van der Waals surface area contributed by atoms with E-state index in [4.69, 9.17) is 14.4 Å². The van der Waals surface area contributed by atoms with E-state index in [9.17, 15) is 0 Å². The molecule has 10 aromatic rings. The summed E-state index contributed by atoms with van der Waals surface area (Å²) in [6, 6.07) is 67.9. The van der Waals surface area contributed by atoms with E-state index in [1.807, 2.05) is 42.5 Å². The Morgan fingerprint density at radius 2 is 1.02 bits per heavy atom. The molecule has 11 rings (SSSR count). The molecule has 2 aromatic heterocycles. The predicted octanol–water partition coefficient (Wildman–Crippen LogP) is 12.5. The summed E-state index contributed by atoms with van der Waals surface area (Å²) in [6.07, 6.45) is -0.376. The second kappa shape index (κ2) is 13.1. The number of nitrogens with zero attached hydrogens (tertiary/aromatic N) is 3. The van der Waals surface area contributed by atoms with E-state index >= 15 is 0 Å². The van der Waals surface area contributed by atoms with Gasteiger partial charge in [0, 0.05) is 43.8 Å². The summed E-state index contributed by atoms with van der Waals surface area (Å²) in [4.78, 5) is 10.3. The van der Waals surface area contributed by atoms with Crippen molar-refractivity contribution in [1.82, 2.24) is 9.88 Å². The van der Waals surface area contributed by atoms with Gasteiger partial charge in [-0.1, -0.05) is 176 Å². The quantitative estimate of drug-likeness (QED) is 0.186. The monoisotopic (exact) mass is 718 g/mol. The Morgan fingerprint density at radius 3 is 1.79 bits per heavy atom. The second-order valence-corrected chi connectivity index (χ2v) is 14.2. The van der Waals surface area contributed by atoms with Crippen LogP contribution in [0.4, 0.5) is 0 Å². The van der Waals surface area contributed by atoms with Crippen molar-refractivity contribution < 1.29 is 4.42 Å². The van der Waals surface area contributed by atoms with Crippen molar-refractivity contribution in [2.24, 2.45) is 9.98 Å². The molecule has 0 aliphatic carbocycles. The number of fused-ring (bicyclic) bond motifs is 6. The van der Waals surface area contributed by atoms with Crippen molar-refractivity contribution in [3.63, 3.8) is 0 Å². The number of hydrogen-bond acceptors (Lipinski definition) is 4. The Morgan fingerprint density at radius 1 is 0.446 bits per heavy atom. The first-order valence-corrected chi connectivity index (χ1v) is 18.9. The molecule has 0 saturated carbocycles. The number of benzene rings is 8. The van der Waals surface area contributed by atoms with Crippen molar-refractivity contribution >= 4 is 55.4 Å². The molecule has 0 amide bonds. The van der Waals surface area contributed by atoms with Crippen LogP contribution < -0.4 is 5.32 Å². The minimum absolute atomic E-state index is 0.376. The first-order valence-electron chi connectivity index (χ1n) is 18.9. The van der Waals surface area contributed by atoms with E-state index in [1.165, 1.54) is 11.1 Å². The van der Waals surface area contributed by atoms with E-state index in [1.54, 1.807) is 0 Å². The van der Waals surface area contributed by atoms with Gasteiger partial charge in [-0.15, -0.1) is 0 Å². The zero-order valence-corrected chi connectivity index (χ0v) is 30.3. The molecule has 0 radical (unpaired) electrons. The van der Waals surface area contributed by atoms with Gasteiger partial charge in [-0.2, -0.15) is 0 Å². The summed E-state index contributed by atoms with van der Waals surface area (Å²) in [7, 11) is 0. The van der Waals surface area contributed by atoms with E-state index in [0.29, 0.717) is 5.84 Å². The van der Waals surface area contributed by atoms with Crippen molar-refractivity contribution in [3.8, 4) is 27.9 Å². The lowest BCUT2D eigenvalue weighted by molar-refractivity contribution is 0.667. The highest BCUT2D eigenvalue weighted by atomic mass is 16.3. The summed E-state index contributed by atoms with van der Waals surface area (Å²) in [6.45, 7) is 0. The summed E-state index contributed by atoms with van der Waals surface area (Å²) >= 11 is 0. The van der Waals surface area contributed by atoms with Crippen molar-refractivity contribution in [1.29, 1.82) is 0 Å². The molecule has 1 N–H and O–H groups in total. The summed E-state index contributed by atoms with van der Waals surface area (Å²) < 4.78 is 9.36. The number of amidine groups is 2. The highest BCUT2D eigenvalue weighted by Crippen LogP contribution is 2.42. The van der Waals surface area contributed by atoms with Crippen LogP contribution in [0.3, 0.4) is 0 Å². The zero-order chi connectivity index (χ0) is 37.0. The van der Waals surface area contributed by atoms with Crippen LogP contribution in [0.25, 0.3) is 71.7 Å². The number of furan rings is 1. The van der Waals surface area contributed by atoms with Gasteiger partial charge in [0.1, 0.15) is 17.6 Å². The number of hydrogen-bond donors (Lipinski definition) is 1. The molecule has 1 aliphatic rings. The highest BCUT2D eigenvalue weighted by Gasteiger charge is 2.26. The van der Waals surface area contributed by atoms with Crippen LogP contribution in [0.1, 0.15) is 22.9 Å². The van der Waals surface area contributed by atoms with E-state index in [2.05, 4.69) is 162 Å². The Hall–Kier alpha value is -7.50. The van der Waals surface area contributed by atoms with Gasteiger partial charge in [0.2, 0.25) is 0 Å². The molecule has 264 valence electrons. The van der Waals surface area contributed by atoms with Crippen molar-refractivity contribution in [2.75, 3.05) is 0 Å². The molecule has 0 spiro atoms. The lowest BCUT2D eigenvalue weighted by Gasteiger charge is -2.24. The zero-order valence-electron chi connectivity index (χ0n) is 30.3. The largest absolute Gasteiger partial charge is 0.453 e. The van der Waals surface area contributed by atoms with Crippen LogP contribution >= 0.6 is 0 Å². The Labute approximate surface area is 323 Å². The first kappa shape index (κ1) is 32.0. The fourth-order valence-corrected chi connectivity index (χ4v) is 8.28. The molecule has 0 fully saturated rings. The molecule has 1 unspecified atom stereocenters. The molecule has 5 nitrogen and oxygen atoms in total. The van der Waals surface area contributed by atoms with Gasteiger partial charge in [-0.3, -0.25) is 0 Å². The van der Waals surface area contributed by atoms with Gasteiger partial charge in [-0.05, 0) is 34.9 Å². The smallest absolute Gasteiger partial charge is 0.159 e. The third-order valence-corrected chi connectivity index (χ3v) is 10.9. The van der Waals surface area contributed by atoms with Crippen LogP contribution in [0.5, 0.6) is 0 Å². The van der Waals surface area contributed by atoms with Crippen LogP contribution in [0.2, 0.25) is 0 Å². The van der Waals surface area contributed by atoms with Gasteiger partial charge in [-0.25, -0.2) is 9.98 Å². The molecule has 1 aliphatic heterocycles. The molecule has 1 atom stereocenters. The molecular weight excluding hydrogens is 685 g/mol. The summed E-state index contributed by atoms with van der Waals surface area (Å²) in [5.41, 5.74) is 12.5. The molecule has 0 bridgehead atoms. The topological polar surface area (TPSA) is 54.8 Å². The number of aliphatic imine (C=N–C) groups is 2. The van der Waals surface area contributed by atoms with Crippen molar-refractivity contribution in [3.05, 3.63) is 211 Å². The van der Waals surface area contributed by atoms with Gasteiger partial charge >= 0.3 is 0 Å². The average molecular weight is 719 g/mol. The third kappa shape index (κ3) is 5.24. The standard InChI is InChI=1S/C51H34N4O/c1-4-15-33(16-5-1)34-29-31-35(32-30-34)38-22-12-23-39-40-24-13-28-45(48(40)56-47(38)39)55-43-26-11-10-21-41(43)46-42(25-14-27-44(46)55)51-53-49(36-17-6-2-7-18-36)52-50(54-51)37-19-8-3-9-20-37/h1-32,51H,(H,52,53,54).